The van der Waals surface area contributed by atoms with Crippen LogP contribution in [0.25, 0.3) is 0 Å². The number of carbonyl (C=O) groups is 5. The van der Waals surface area contributed by atoms with Gasteiger partial charge >= 0.3 is 41.5 Å². The Hall–Kier alpha value is -1.53. The van der Waals surface area contributed by atoms with Crippen molar-refractivity contribution in [1.82, 2.24) is 4.90 Å². The van der Waals surface area contributed by atoms with E-state index in [9.17, 15) is 29.1 Å². The molecular formula is C39H77N4NaO7. The van der Waals surface area contributed by atoms with Crippen LogP contribution in [0.3, 0.4) is 0 Å². The molecule has 0 aromatic rings. The molecule has 3 amide bonds. The maximum absolute atomic E-state index is 13.1. The molecule has 0 rings (SSSR count). The van der Waals surface area contributed by atoms with Crippen molar-refractivity contribution in [2.45, 2.75) is 212 Å². The second-order valence-electron chi connectivity index (χ2n) is 13.8. The third-order valence-corrected chi connectivity index (χ3v) is 9.07. The zero-order chi connectivity index (χ0) is 37.8. The number of imide groups is 1. The zero-order valence-corrected chi connectivity index (χ0v) is 35.0. The first-order chi connectivity index (χ1) is 24.0. The summed E-state index contributed by atoms with van der Waals surface area (Å²) < 4.78 is 0. The van der Waals surface area contributed by atoms with Gasteiger partial charge in [-0.15, -0.1) is 0 Å². The minimum absolute atomic E-state index is 0. The van der Waals surface area contributed by atoms with Crippen LogP contribution in [0, 0.1) is 0 Å². The van der Waals surface area contributed by atoms with Crippen LogP contribution in [0.2, 0.25) is 0 Å². The minimum atomic E-state index is -1.34. The number of unbranched alkanes of at least 4 members (excludes halogenated alkanes) is 21. The van der Waals surface area contributed by atoms with Gasteiger partial charge in [0.2, 0.25) is 17.7 Å². The van der Waals surface area contributed by atoms with Crippen molar-refractivity contribution in [2.24, 2.45) is 17.2 Å². The molecule has 8 N–H and O–H groups in total. The Morgan fingerprint density at radius 1 is 0.529 bits per heavy atom. The molecule has 1 unspecified atom stereocenters. The normalized spacial score (nSPS) is 11.8. The Morgan fingerprint density at radius 2 is 0.882 bits per heavy atom. The second kappa shape index (κ2) is 39.7. The van der Waals surface area contributed by atoms with E-state index in [-0.39, 0.29) is 56.7 Å². The Labute approximate surface area is 334 Å². The summed E-state index contributed by atoms with van der Waals surface area (Å²) in [7, 11) is 0. The second-order valence-corrected chi connectivity index (χ2v) is 13.8. The molecule has 0 aliphatic rings. The van der Waals surface area contributed by atoms with Crippen molar-refractivity contribution in [3.05, 3.63) is 0 Å². The van der Waals surface area contributed by atoms with Gasteiger partial charge in [0.05, 0.1) is 0 Å². The van der Waals surface area contributed by atoms with Gasteiger partial charge in [-0.2, -0.15) is 0 Å². The molecule has 0 aliphatic carbocycles. The number of rotatable bonds is 34. The molecule has 0 saturated heterocycles. The SMILES string of the molecule is CCCCCCCCCCCCCC(=O)N(C(=O)CCCCCCCCCCCCC)[C@@H](CCC(N)=O)C(=O)O.NCCCCC(N)C(=O)O.[H-].[Na+]. The topological polar surface area (TPSA) is 207 Å². The molecular weight excluding hydrogens is 659 g/mol. The third-order valence-electron chi connectivity index (χ3n) is 9.07. The number of carboxylic acid groups (broad SMARTS) is 2. The predicted molar refractivity (Wildman–Crippen MR) is 203 cm³/mol. The standard InChI is InChI=1S/C33H62N2O5.C6H14N2O2.Na.H/c1-3-5-7-9-11-13-15-17-19-21-23-25-31(37)35(29(33(39)40)27-28-30(34)36)32(38)26-24-22-20-18-16-14-12-10-8-6-4-2;7-4-2-1-3-5(8)6(9)10;;/h29H,3-28H2,1-2H3,(H2,34,36)(H,39,40);5H,1-4,7-8H2,(H,9,10);;/q;;+1;-1/t29-;;;/m0.../s1. The minimum Gasteiger partial charge on any atom is -1.00 e. The number of amides is 3. The summed E-state index contributed by atoms with van der Waals surface area (Å²) in [5.74, 6) is -3.72. The average molecular weight is 737 g/mol. The molecule has 0 aromatic carbocycles. The molecule has 51 heavy (non-hydrogen) atoms. The van der Waals surface area contributed by atoms with Crippen LogP contribution in [0.4, 0.5) is 0 Å². The number of primary amides is 1. The molecule has 0 heterocycles. The van der Waals surface area contributed by atoms with Crippen molar-refractivity contribution in [3.8, 4) is 0 Å². The van der Waals surface area contributed by atoms with E-state index < -0.39 is 41.7 Å². The van der Waals surface area contributed by atoms with Crippen LogP contribution >= 0.6 is 0 Å². The first-order valence-corrected chi connectivity index (χ1v) is 20.1. The van der Waals surface area contributed by atoms with E-state index in [0.29, 0.717) is 25.8 Å². The van der Waals surface area contributed by atoms with Gasteiger partial charge in [-0.3, -0.25) is 24.1 Å². The first-order valence-electron chi connectivity index (χ1n) is 20.1. The van der Waals surface area contributed by atoms with Crippen molar-refractivity contribution in [3.63, 3.8) is 0 Å². The zero-order valence-electron chi connectivity index (χ0n) is 34.0. The van der Waals surface area contributed by atoms with E-state index in [1.807, 2.05) is 0 Å². The van der Waals surface area contributed by atoms with Crippen LogP contribution in [-0.2, 0) is 24.0 Å². The van der Waals surface area contributed by atoms with Gasteiger partial charge in [0.1, 0.15) is 12.1 Å². The Morgan fingerprint density at radius 3 is 1.18 bits per heavy atom. The van der Waals surface area contributed by atoms with Crippen LogP contribution in [0.1, 0.15) is 201 Å². The van der Waals surface area contributed by atoms with Gasteiger partial charge < -0.3 is 28.8 Å². The van der Waals surface area contributed by atoms with Crippen molar-refractivity contribution < 1.29 is 65.2 Å². The maximum atomic E-state index is 13.1. The summed E-state index contributed by atoms with van der Waals surface area (Å²) in [4.78, 5) is 60.5. The number of nitrogens with zero attached hydrogens (tertiary/aromatic N) is 1. The number of nitrogens with two attached hydrogens (primary N) is 3. The van der Waals surface area contributed by atoms with Crippen molar-refractivity contribution in [2.75, 3.05) is 6.54 Å². The summed E-state index contributed by atoms with van der Waals surface area (Å²) in [6.07, 6.45) is 27.5. The van der Waals surface area contributed by atoms with Gasteiger partial charge in [-0.25, -0.2) is 4.79 Å². The van der Waals surface area contributed by atoms with E-state index in [2.05, 4.69) is 13.8 Å². The van der Waals surface area contributed by atoms with E-state index >= 15 is 0 Å². The number of carbonyl (C=O) groups excluding carboxylic acids is 3. The fourth-order valence-electron chi connectivity index (χ4n) is 5.88. The summed E-state index contributed by atoms with van der Waals surface area (Å²) >= 11 is 0. The third kappa shape index (κ3) is 35.3. The summed E-state index contributed by atoms with van der Waals surface area (Å²) in [5, 5.41) is 18.1. The summed E-state index contributed by atoms with van der Waals surface area (Å²) in [6, 6.07) is -2.06. The number of aliphatic carboxylic acids is 2. The van der Waals surface area contributed by atoms with Crippen LogP contribution < -0.4 is 46.8 Å². The quantitative estimate of drug-likeness (QED) is 0.0439. The van der Waals surface area contributed by atoms with E-state index in [1.54, 1.807) is 0 Å². The molecule has 296 valence electrons. The monoisotopic (exact) mass is 737 g/mol. The number of hydrogen-bond donors (Lipinski definition) is 5. The number of hydrogen-bond acceptors (Lipinski definition) is 7. The molecule has 0 aromatic heterocycles. The van der Waals surface area contributed by atoms with Crippen LogP contribution in [0.15, 0.2) is 0 Å². The largest absolute Gasteiger partial charge is 1.00 e. The van der Waals surface area contributed by atoms with E-state index in [1.165, 1.54) is 89.9 Å². The van der Waals surface area contributed by atoms with Crippen LogP contribution in [-0.4, -0.2) is 63.4 Å². The molecule has 0 radical (unpaired) electrons. The molecule has 12 heteroatoms. The maximum Gasteiger partial charge on any atom is 1.00 e. The molecule has 11 nitrogen and oxygen atoms in total. The van der Waals surface area contributed by atoms with Gasteiger partial charge in [0, 0.05) is 19.3 Å². The Bertz CT molecular complexity index is 848. The van der Waals surface area contributed by atoms with E-state index in [0.717, 1.165) is 56.3 Å². The van der Waals surface area contributed by atoms with Gasteiger partial charge in [0.15, 0.2) is 0 Å². The van der Waals surface area contributed by atoms with Crippen LogP contribution in [0.5, 0.6) is 0 Å². The molecule has 0 bridgehead atoms. The average Bonchev–Trinajstić information content (AvgIpc) is 3.07. The van der Waals surface area contributed by atoms with Gasteiger partial charge in [-0.05, 0) is 38.6 Å². The summed E-state index contributed by atoms with van der Waals surface area (Å²) in [5.41, 5.74) is 15.6. The number of carboxylic acids is 2. The van der Waals surface area contributed by atoms with E-state index in [4.69, 9.17) is 22.3 Å². The fourth-order valence-corrected chi connectivity index (χ4v) is 5.88. The molecule has 0 aliphatic heterocycles. The Balaban J connectivity index is -0.000000831. The van der Waals surface area contributed by atoms with Crippen molar-refractivity contribution >= 4 is 29.7 Å². The molecule has 0 spiro atoms. The fraction of sp³-hybridized carbons (Fsp3) is 0.872. The van der Waals surface area contributed by atoms with Gasteiger partial charge in [0.25, 0.3) is 0 Å². The first kappa shape index (κ1) is 53.8. The Kier molecular flexibility index (Phi) is 41.9. The molecule has 2 atom stereocenters. The van der Waals surface area contributed by atoms with Crippen molar-refractivity contribution in [1.29, 1.82) is 0 Å². The molecule has 0 fully saturated rings. The van der Waals surface area contributed by atoms with Gasteiger partial charge in [-0.1, -0.05) is 149 Å². The molecule has 0 saturated carbocycles. The summed E-state index contributed by atoms with van der Waals surface area (Å²) in [6.45, 7) is 5.05. The predicted octanol–water partition coefficient (Wildman–Crippen LogP) is 5.11. The smallest absolute Gasteiger partial charge is 1.00 e.